The fourth-order valence-corrected chi connectivity index (χ4v) is 4.84. The highest BCUT2D eigenvalue weighted by Crippen LogP contribution is 2.30. The van der Waals surface area contributed by atoms with E-state index in [0.29, 0.717) is 6.54 Å². The second kappa shape index (κ2) is 7.50. The van der Waals surface area contributed by atoms with E-state index in [1.165, 1.54) is 19.3 Å². The molecule has 6 heteroatoms. The average Bonchev–Trinajstić information content (AvgIpc) is 3.30. The van der Waals surface area contributed by atoms with Crippen molar-refractivity contribution in [2.75, 3.05) is 13.1 Å². The summed E-state index contributed by atoms with van der Waals surface area (Å²) >= 11 is 0. The predicted octanol–water partition coefficient (Wildman–Crippen LogP) is 3.49. The van der Waals surface area contributed by atoms with Gasteiger partial charge in [-0.2, -0.15) is 0 Å². The van der Waals surface area contributed by atoms with Gasteiger partial charge in [-0.25, -0.2) is 9.59 Å². The SMILES string of the molecule is C[C@H](Cn1c(=O)n(C2CCCCC2)c2ccc(C(=O)O)cc21)N1CCCC1. The van der Waals surface area contributed by atoms with Crippen LogP contribution >= 0.6 is 0 Å². The lowest BCUT2D eigenvalue weighted by Gasteiger charge is -2.24. The van der Waals surface area contributed by atoms with Gasteiger partial charge in [-0.15, -0.1) is 0 Å². The quantitative estimate of drug-likeness (QED) is 0.874. The van der Waals surface area contributed by atoms with Crippen molar-refractivity contribution in [3.05, 3.63) is 34.2 Å². The Labute approximate surface area is 159 Å². The van der Waals surface area contributed by atoms with Crippen LogP contribution < -0.4 is 5.69 Å². The van der Waals surface area contributed by atoms with Crippen molar-refractivity contribution in [1.29, 1.82) is 0 Å². The van der Waals surface area contributed by atoms with Gasteiger partial charge in [-0.05, 0) is 63.9 Å². The minimum absolute atomic E-state index is 0.0190. The van der Waals surface area contributed by atoms with E-state index in [1.807, 2.05) is 15.2 Å². The Kier molecular flexibility index (Phi) is 5.08. The lowest BCUT2D eigenvalue weighted by molar-refractivity contribution is 0.0697. The van der Waals surface area contributed by atoms with E-state index in [4.69, 9.17) is 0 Å². The molecule has 1 aromatic carbocycles. The lowest BCUT2D eigenvalue weighted by Crippen LogP contribution is -2.37. The zero-order valence-corrected chi connectivity index (χ0v) is 16.1. The number of aromatic nitrogens is 2. The summed E-state index contributed by atoms with van der Waals surface area (Å²) in [6, 6.07) is 5.62. The van der Waals surface area contributed by atoms with E-state index in [1.54, 1.807) is 12.1 Å². The van der Waals surface area contributed by atoms with Gasteiger partial charge in [0.2, 0.25) is 0 Å². The maximum absolute atomic E-state index is 13.4. The van der Waals surface area contributed by atoms with Crippen LogP contribution in [-0.2, 0) is 6.54 Å². The maximum Gasteiger partial charge on any atom is 0.335 e. The molecule has 0 unspecified atom stereocenters. The van der Waals surface area contributed by atoms with E-state index in [9.17, 15) is 14.7 Å². The highest BCUT2D eigenvalue weighted by Gasteiger charge is 2.25. The van der Waals surface area contributed by atoms with Crippen LogP contribution in [0.2, 0.25) is 0 Å². The van der Waals surface area contributed by atoms with Gasteiger partial charge in [0.05, 0.1) is 16.6 Å². The molecule has 1 saturated heterocycles. The second-order valence-corrected chi connectivity index (χ2v) is 8.16. The fourth-order valence-electron chi connectivity index (χ4n) is 4.84. The summed E-state index contributed by atoms with van der Waals surface area (Å²) < 4.78 is 3.76. The number of benzene rings is 1. The summed E-state index contributed by atoms with van der Waals surface area (Å²) in [5.41, 5.74) is 1.90. The fraction of sp³-hybridized carbons (Fsp3) is 0.619. The van der Waals surface area contributed by atoms with Crippen LogP contribution in [0.15, 0.2) is 23.0 Å². The summed E-state index contributed by atoms with van der Waals surface area (Å²) in [6.45, 7) is 4.94. The van der Waals surface area contributed by atoms with E-state index < -0.39 is 5.97 Å². The van der Waals surface area contributed by atoms with Crippen molar-refractivity contribution in [3.8, 4) is 0 Å². The van der Waals surface area contributed by atoms with Crippen molar-refractivity contribution < 1.29 is 9.90 Å². The molecule has 1 aliphatic carbocycles. The van der Waals surface area contributed by atoms with Crippen LogP contribution in [0.1, 0.15) is 68.3 Å². The molecule has 2 aromatic rings. The Bertz CT molecular complexity index is 886. The first-order valence-electron chi connectivity index (χ1n) is 10.3. The molecular formula is C21H29N3O3. The van der Waals surface area contributed by atoms with Gasteiger partial charge in [-0.1, -0.05) is 19.3 Å². The van der Waals surface area contributed by atoms with Crippen LogP contribution in [0.3, 0.4) is 0 Å². The number of fused-ring (bicyclic) bond motifs is 1. The molecule has 0 amide bonds. The zero-order valence-electron chi connectivity index (χ0n) is 16.1. The smallest absolute Gasteiger partial charge is 0.335 e. The van der Waals surface area contributed by atoms with Gasteiger partial charge < -0.3 is 5.11 Å². The third-order valence-corrected chi connectivity index (χ3v) is 6.36. The van der Waals surface area contributed by atoms with E-state index in [0.717, 1.165) is 49.8 Å². The van der Waals surface area contributed by atoms with Crippen LogP contribution in [0.4, 0.5) is 0 Å². The van der Waals surface area contributed by atoms with Crippen molar-refractivity contribution in [2.24, 2.45) is 0 Å². The normalized spacial score (nSPS) is 20.3. The molecule has 1 aliphatic heterocycles. The Balaban J connectivity index is 1.79. The number of imidazole rings is 1. The molecule has 1 atom stereocenters. The van der Waals surface area contributed by atoms with Crippen LogP contribution in [0.25, 0.3) is 11.0 Å². The van der Waals surface area contributed by atoms with Crippen molar-refractivity contribution in [1.82, 2.24) is 14.0 Å². The van der Waals surface area contributed by atoms with Crippen molar-refractivity contribution in [2.45, 2.75) is 70.5 Å². The number of nitrogens with zero attached hydrogens (tertiary/aromatic N) is 3. The molecule has 4 rings (SSSR count). The Morgan fingerprint density at radius 1 is 1.11 bits per heavy atom. The monoisotopic (exact) mass is 371 g/mol. The summed E-state index contributed by atoms with van der Waals surface area (Å²) in [7, 11) is 0. The zero-order chi connectivity index (χ0) is 19.0. The molecule has 0 radical (unpaired) electrons. The van der Waals surface area contributed by atoms with E-state index >= 15 is 0 Å². The van der Waals surface area contributed by atoms with Crippen LogP contribution in [0.5, 0.6) is 0 Å². The first-order valence-corrected chi connectivity index (χ1v) is 10.3. The van der Waals surface area contributed by atoms with E-state index in [2.05, 4.69) is 11.8 Å². The first-order chi connectivity index (χ1) is 13.1. The highest BCUT2D eigenvalue weighted by molar-refractivity contribution is 5.92. The van der Waals surface area contributed by atoms with Gasteiger partial charge in [0.15, 0.2) is 0 Å². The highest BCUT2D eigenvalue weighted by atomic mass is 16.4. The molecular weight excluding hydrogens is 342 g/mol. The molecule has 2 aliphatic rings. The molecule has 2 heterocycles. The molecule has 1 aromatic heterocycles. The molecule has 1 N–H and O–H groups in total. The number of aromatic carboxylic acids is 1. The standard InChI is InChI=1S/C21H29N3O3/c1-15(22-11-5-6-12-22)14-23-19-13-16(20(25)26)9-10-18(19)24(21(23)27)17-7-3-2-4-8-17/h9-10,13,15,17H,2-8,11-12,14H2,1H3,(H,25,26)/t15-/m1/s1. The van der Waals surface area contributed by atoms with Gasteiger partial charge in [-0.3, -0.25) is 14.0 Å². The number of rotatable bonds is 5. The Morgan fingerprint density at radius 3 is 2.48 bits per heavy atom. The molecule has 1 saturated carbocycles. The summed E-state index contributed by atoms with van der Waals surface area (Å²) in [5, 5.41) is 9.41. The van der Waals surface area contributed by atoms with E-state index in [-0.39, 0.29) is 23.3 Å². The van der Waals surface area contributed by atoms with Gasteiger partial charge in [0, 0.05) is 18.6 Å². The van der Waals surface area contributed by atoms with Gasteiger partial charge in [0.1, 0.15) is 0 Å². The number of carbonyl (C=O) groups is 1. The molecule has 0 spiro atoms. The number of hydrogen-bond acceptors (Lipinski definition) is 3. The van der Waals surface area contributed by atoms with Crippen LogP contribution in [-0.4, -0.2) is 44.2 Å². The van der Waals surface area contributed by atoms with Crippen molar-refractivity contribution >= 4 is 17.0 Å². The van der Waals surface area contributed by atoms with Gasteiger partial charge >= 0.3 is 11.7 Å². The van der Waals surface area contributed by atoms with Crippen LogP contribution in [0, 0.1) is 0 Å². The third-order valence-electron chi connectivity index (χ3n) is 6.36. The van der Waals surface area contributed by atoms with Crippen molar-refractivity contribution in [3.63, 3.8) is 0 Å². The lowest BCUT2D eigenvalue weighted by atomic mass is 9.95. The number of likely N-dealkylation sites (tertiary alicyclic amines) is 1. The average molecular weight is 371 g/mol. The maximum atomic E-state index is 13.4. The topological polar surface area (TPSA) is 67.5 Å². The molecule has 27 heavy (non-hydrogen) atoms. The summed E-state index contributed by atoms with van der Waals surface area (Å²) in [4.78, 5) is 27.3. The minimum atomic E-state index is -0.950. The first kappa shape index (κ1) is 18.3. The Hall–Kier alpha value is -2.08. The predicted molar refractivity (Wildman–Crippen MR) is 106 cm³/mol. The molecule has 146 valence electrons. The molecule has 6 nitrogen and oxygen atoms in total. The molecule has 2 fully saturated rings. The summed E-state index contributed by atoms with van der Waals surface area (Å²) in [5.74, 6) is -0.950. The Morgan fingerprint density at radius 2 is 1.81 bits per heavy atom. The number of carboxylic acid groups (broad SMARTS) is 1. The molecule has 0 bridgehead atoms. The second-order valence-electron chi connectivity index (χ2n) is 8.16. The largest absolute Gasteiger partial charge is 0.478 e. The third kappa shape index (κ3) is 3.43. The number of hydrogen-bond donors (Lipinski definition) is 1. The number of carboxylic acids is 1. The summed E-state index contributed by atoms with van der Waals surface area (Å²) in [6.07, 6.45) is 8.03. The minimum Gasteiger partial charge on any atom is -0.478 e. The van der Waals surface area contributed by atoms with Gasteiger partial charge in [0.25, 0.3) is 0 Å².